The minimum absolute atomic E-state index is 0.0288. The van der Waals surface area contributed by atoms with Crippen LogP contribution in [-0.2, 0) is 0 Å². The number of nitrogens with zero attached hydrogens (tertiary/aromatic N) is 3. The number of carbonyl (C=O) groups excluding carboxylic acids is 1. The van der Waals surface area contributed by atoms with Crippen LogP contribution in [0.5, 0.6) is 0 Å². The van der Waals surface area contributed by atoms with Gasteiger partial charge < -0.3 is 15.0 Å². The normalized spacial score (nSPS) is 20.1. The highest BCUT2D eigenvalue weighted by molar-refractivity contribution is 6.30. The van der Waals surface area contributed by atoms with E-state index in [4.69, 9.17) is 17.3 Å². The predicted octanol–water partition coefficient (Wildman–Crippen LogP) is 1.94. The lowest BCUT2D eigenvalue weighted by Gasteiger charge is -2.18. The number of nitrogens with two attached hydrogens (primary N) is 1. The zero-order valence-corrected chi connectivity index (χ0v) is 11.9. The molecule has 3 rings (SSSR count). The van der Waals surface area contributed by atoms with Crippen LogP contribution >= 0.6 is 11.6 Å². The molecule has 2 aromatic heterocycles. The highest BCUT2D eigenvalue weighted by Gasteiger charge is 2.21. The van der Waals surface area contributed by atoms with Crippen LogP contribution in [0.25, 0.3) is 5.65 Å². The molecule has 0 spiro atoms. The molecule has 1 aliphatic rings. The van der Waals surface area contributed by atoms with Gasteiger partial charge in [-0.2, -0.15) is 0 Å². The maximum absolute atomic E-state index is 12.5. The van der Waals surface area contributed by atoms with Gasteiger partial charge in [0.2, 0.25) is 0 Å². The Morgan fingerprint density at radius 1 is 1.30 bits per heavy atom. The summed E-state index contributed by atoms with van der Waals surface area (Å²) in [7, 11) is 0. The Hall–Kier alpha value is -1.59. The second-order valence-corrected chi connectivity index (χ2v) is 5.66. The molecule has 0 aliphatic carbocycles. The van der Waals surface area contributed by atoms with Crippen LogP contribution in [0.2, 0.25) is 5.02 Å². The van der Waals surface area contributed by atoms with Crippen LogP contribution in [0.15, 0.2) is 24.5 Å². The minimum Gasteiger partial charge on any atom is -0.337 e. The van der Waals surface area contributed by atoms with E-state index in [-0.39, 0.29) is 11.9 Å². The number of hydrogen-bond donors (Lipinski definition) is 1. The maximum atomic E-state index is 12.5. The standard InChI is InChI=1S/C14H17ClN4O/c15-10-3-4-13-17-12(9-19(13)8-10)14(20)18-6-1-2-11(16)5-7-18/h3-4,8-9,11H,1-2,5-7,16H2/t11-/m0/s1. The zero-order chi connectivity index (χ0) is 14.1. The SMILES string of the molecule is N[C@H]1CCCN(C(=O)c2cn3cc(Cl)ccc3n2)CC1. The first-order valence-electron chi connectivity index (χ1n) is 6.82. The fraction of sp³-hybridized carbons (Fsp3) is 0.429. The summed E-state index contributed by atoms with van der Waals surface area (Å²) in [4.78, 5) is 18.7. The molecule has 1 amide bonds. The van der Waals surface area contributed by atoms with Crippen LogP contribution in [0.1, 0.15) is 29.8 Å². The molecule has 0 radical (unpaired) electrons. The molecule has 6 heteroatoms. The summed E-state index contributed by atoms with van der Waals surface area (Å²) in [5.74, 6) is -0.0288. The molecule has 0 unspecified atom stereocenters. The van der Waals surface area contributed by atoms with Gasteiger partial charge in [0.1, 0.15) is 11.3 Å². The van der Waals surface area contributed by atoms with E-state index in [1.807, 2.05) is 4.90 Å². The Morgan fingerprint density at radius 2 is 2.15 bits per heavy atom. The largest absolute Gasteiger partial charge is 0.337 e. The average Bonchev–Trinajstić information content (AvgIpc) is 2.72. The molecule has 1 atom stereocenters. The van der Waals surface area contributed by atoms with Gasteiger partial charge >= 0.3 is 0 Å². The second-order valence-electron chi connectivity index (χ2n) is 5.22. The Labute approximate surface area is 122 Å². The predicted molar refractivity (Wildman–Crippen MR) is 77.9 cm³/mol. The molecule has 0 aromatic carbocycles. The lowest BCUT2D eigenvalue weighted by Crippen LogP contribution is -2.33. The summed E-state index contributed by atoms with van der Waals surface area (Å²) in [6.07, 6.45) is 6.26. The number of fused-ring (bicyclic) bond motifs is 1. The molecule has 106 valence electrons. The van der Waals surface area contributed by atoms with E-state index in [9.17, 15) is 4.79 Å². The fourth-order valence-corrected chi connectivity index (χ4v) is 2.72. The smallest absolute Gasteiger partial charge is 0.274 e. The van der Waals surface area contributed by atoms with Crippen molar-refractivity contribution < 1.29 is 4.79 Å². The molecule has 1 aliphatic heterocycles. The Kier molecular flexibility index (Phi) is 3.63. The van der Waals surface area contributed by atoms with Gasteiger partial charge in [0.05, 0.1) is 5.02 Å². The molecule has 2 aromatic rings. The fourth-order valence-electron chi connectivity index (χ4n) is 2.55. The third kappa shape index (κ3) is 2.64. The topological polar surface area (TPSA) is 63.6 Å². The Balaban J connectivity index is 1.84. The maximum Gasteiger partial charge on any atom is 0.274 e. The number of carbonyl (C=O) groups is 1. The van der Waals surface area contributed by atoms with Gasteiger partial charge in [0, 0.05) is 31.5 Å². The summed E-state index contributed by atoms with van der Waals surface area (Å²) in [5, 5.41) is 0.620. The van der Waals surface area contributed by atoms with Crippen molar-refractivity contribution in [2.45, 2.75) is 25.3 Å². The van der Waals surface area contributed by atoms with Gasteiger partial charge in [-0.1, -0.05) is 11.6 Å². The Bertz CT molecular complexity index is 639. The van der Waals surface area contributed by atoms with Crippen LogP contribution in [0.4, 0.5) is 0 Å². The first-order valence-corrected chi connectivity index (χ1v) is 7.20. The van der Waals surface area contributed by atoms with Crippen molar-refractivity contribution in [3.8, 4) is 0 Å². The third-order valence-electron chi connectivity index (χ3n) is 3.69. The van der Waals surface area contributed by atoms with Gasteiger partial charge in [-0.25, -0.2) is 4.98 Å². The number of aromatic nitrogens is 2. The van der Waals surface area contributed by atoms with Gasteiger partial charge in [-0.3, -0.25) is 4.79 Å². The number of imidazole rings is 1. The molecule has 1 fully saturated rings. The second kappa shape index (κ2) is 5.42. The van der Waals surface area contributed by atoms with E-state index < -0.39 is 0 Å². The molecule has 3 heterocycles. The zero-order valence-electron chi connectivity index (χ0n) is 11.1. The quantitative estimate of drug-likeness (QED) is 0.874. The monoisotopic (exact) mass is 292 g/mol. The van der Waals surface area contributed by atoms with Crippen molar-refractivity contribution in [1.29, 1.82) is 0 Å². The van der Waals surface area contributed by atoms with Crippen molar-refractivity contribution in [3.63, 3.8) is 0 Å². The van der Waals surface area contributed by atoms with Gasteiger partial charge in [0.15, 0.2) is 0 Å². The summed E-state index contributed by atoms with van der Waals surface area (Å²) in [6, 6.07) is 3.77. The molecule has 20 heavy (non-hydrogen) atoms. The lowest BCUT2D eigenvalue weighted by atomic mass is 10.1. The minimum atomic E-state index is -0.0288. The average molecular weight is 293 g/mol. The first-order chi connectivity index (χ1) is 9.63. The van der Waals surface area contributed by atoms with Crippen LogP contribution < -0.4 is 5.73 Å². The molecule has 1 saturated heterocycles. The van der Waals surface area contributed by atoms with E-state index in [1.54, 1.807) is 28.9 Å². The van der Waals surface area contributed by atoms with E-state index in [0.717, 1.165) is 31.5 Å². The molecule has 0 saturated carbocycles. The van der Waals surface area contributed by atoms with Gasteiger partial charge in [-0.15, -0.1) is 0 Å². The van der Waals surface area contributed by atoms with E-state index >= 15 is 0 Å². The van der Waals surface area contributed by atoms with Crippen molar-refractivity contribution in [3.05, 3.63) is 35.2 Å². The number of likely N-dealkylation sites (tertiary alicyclic amines) is 1. The van der Waals surface area contributed by atoms with Crippen LogP contribution in [0, 0.1) is 0 Å². The molecular weight excluding hydrogens is 276 g/mol. The van der Waals surface area contributed by atoms with E-state index in [1.165, 1.54) is 0 Å². The highest BCUT2D eigenvalue weighted by Crippen LogP contribution is 2.15. The number of pyridine rings is 1. The number of rotatable bonds is 1. The van der Waals surface area contributed by atoms with Crippen molar-refractivity contribution in [2.75, 3.05) is 13.1 Å². The summed E-state index contributed by atoms with van der Waals surface area (Å²) in [6.45, 7) is 1.45. The van der Waals surface area contributed by atoms with Gasteiger partial charge in [0.25, 0.3) is 5.91 Å². The first kappa shape index (κ1) is 13.4. The molecule has 0 bridgehead atoms. The van der Waals surface area contributed by atoms with E-state index in [0.29, 0.717) is 17.3 Å². The molecule has 2 N–H and O–H groups in total. The van der Waals surface area contributed by atoms with Crippen molar-refractivity contribution in [1.82, 2.24) is 14.3 Å². The van der Waals surface area contributed by atoms with E-state index in [2.05, 4.69) is 4.98 Å². The molecule has 5 nitrogen and oxygen atoms in total. The van der Waals surface area contributed by atoms with Crippen molar-refractivity contribution in [2.24, 2.45) is 5.73 Å². The third-order valence-corrected chi connectivity index (χ3v) is 3.92. The van der Waals surface area contributed by atoms with Crippen molar-refractivity contribution >= 4 is 23.2 Å². The van der Waals surface area contributed by atoms with Crippen LogP contribution in [0.3, 0.4) is 0 Å². The van der Waals surface area contributed by atoms with Crippen LogP contribution in [-0.4, -0.2) is 39.3 Å². The highest BCUT2D eigenvalue weighted by atomic mass is 35.5. The summed E-state index contributed by atoms with van der Waals surface area (Å²) >= 11 is 5.94. The summed E-state index contributed by atoms with van der Waals surface area (Å²) < 4.78 is 1.78. The number of hydrogen-bond acceptors (Lipinski definition) is 3. The number of amides is 1. The summed E-state index contributed by atoms with van der Waals surface area (Å²) in [5.41, 5.74) is 7.13. The lowest BCUT2D eigenvalue weighted by molar-refractivity contribution is 0.0756. The number of halogens is 1. The van der Waals surface area contributed by atoms with Gasteiger partial charge in [-0.05, 0) is 31.4 Å². The molecular formula is C14H17ClN4O. The Morgan fingerprint density at radius 3 is 3.00 bits per heavy atom.